The lowest BCUT2D eigenvalue weighted by atomic mass is 10.0. The van der Waals surface area contributed by atoms with Gasteiger partial charge in [-0.3, -0.25) is 0 Å². The Balaban J connectivity index is 2.39. The topological polar surface area (TPSA) is 35.2 Å². The summed E-state index contributed by atoms with van der Waals surface area (Å²) >= 11 is 0. The second kappa shape index (κ2) is 3.17. The Hall–Kier alpha value is -0.340. The molecule has 0 aromatic carbocycles. The quantitative estimate of drug-likeness (QED) is 0.584. The molecule has 1 fully saturated rings. The predicted molar refractivity (Wildman–Crippen MR) is 41.8 cm³/mol. The van der Waals surface area contributed by atoms with Gasteiger partial charge in [-0.05, 0) is 19.8 Å². The van der Waals surface area contributed by atoms with Gasteiger partial charge < -0.3 is 10.5 Å². The fraction of sp³-hybridized carbons (Fsp3) is 0.750. The zero-order valence-corrected chi connectivity index (χ0v) is 6.47. The Bertz CT molecular complexity index is 127. The van der Waals surface area contributed by atoms with Crippen molar-refractivity contribution < 1.29 is 4.74 Å². The maximum absolute atomic E-state index is 5.80. The van der Waals surface area contributed by atoms with E-state index in [1.807, 2.05) is 6.92 Å². The number of hydrogen-bond acceptors (Lipinski definition) is 2. The van der Waals surface area contributed by atoms with E-state index in [2.05, 4.69) is 6.58 Å². The third kappa shape index (κ3) is 1.58. The van der Waals surface area contributed by atoms with Crippen LogP contribution in [0.2, 0.25) is 0 Å². The van der Waals surface area contributed by atoms with Crippen molar-refractivity contribution in [2.24, 2.45) is 5.73 Å². The van der Waals surface area contributed by atoms with Gasteiger partial charge in [0.05, 0.1) is 12.1 Å². The lowest BCUT2D eigenvalue weighted by Crippen LogP contribution is -2.34. The fourth-order valence-corrected chi connectivity index (χ4v) is 1.20. The molecule has 0 aromatic rings. The third-order valence-corrected chi connectivity index (χ3v) is 1.93. The van der Waals surface area contributed by atoms with Crippen LogP contribution in [0.5, 0.6) is 0 Å². The van der Waals surface area contributed by atoms with Gasteiger partial charge in [-0.25, -0.2) is 0 Å². The van der Waals surface area contributed by atoms with Crippen molar-refractivity contribution in [3.63, 3.8) is 0 Å². The van der Waals surface area contributed by atoms with Crippen LogP contribution in [-0.4, -0.2) is 18.8 Å². The van der Waals surface area contributed by atoms with E-state index in [0.717, 1.165) is 25.0 Å². The molecule has 0 saturated carbocycles. The van der Waals surface area contributed by atoms with E-state index in [0.29, 0.717) is 0 Å². The average Bonchev–Trinajstić information content (AvgIpc) is 2.36. The summed E-state index contributed by atoms with van der Waals surface area (Å²) in [4.78, 5) is 0. The first-order valence-electron chi connectivity index (χ1n) is 3.74. The lowest BCUT2D eigenvalue weighted by Gasteiger charge is -2.17. The van der Waals surface area contributed by atoms with Crippen molar-refractivity contribution in [3.05, 3.63) is 12.2 Å². The molecule has 0 spiro atoms. The van der Waals surface area contributed by atoms with Gasteiger partial charge in [0.2, 0.25) is 0 Å². The van der Waals surface area contributed by atoms with Gasteiger partial charge in [0.25, 0.3) is 0 Å². The molecule has 10 heavy (non-hydrogen) atoms. The number of hydrogen-bond donors (Lipinski definition) is 1. The molecule has 2 atom stereocenters. The van der Waals surface area contributed by atoms with Crippen molar-refractivity contribution in [3.8, 4) is 0 Å². The third-order valence-electron chi connectivity index (χ3n) is 1.93. The molecular weight excluding hydrogens is 126 g/mol. The molecule has 0 aliphatic carbocycles. The summed E-state index contributed by atoms with van der Waals surface area (Å²) in [6, 6.07) is 0.0440. The summed E-state index contributed by atoms with van der Waals surface area (Å²) in [5.41, 5.74) is 6.82. The first kappa shape index (κ1) is 7.76. The van der Waals surface area contributed by atoms with E-state index < -0.39 is 0 Å². The standard InChI is InChI=1S/C8H15NO/c1-6(2)8(9)7-4-3-5-10-7/h7-8H,1,3-5,9H2,2H3. The molecule has 1 rings (SSSR count). The summed E-state index contributed by atoms with van der Waals surface area (Å²) < 4.78 is 5.39. The van der Waals surface area contributed by atoms with Gasteiger partial charge in [0.1, 0.15) is 0 Å². The molecule has 1 heterocycles. The van der Waals surface area contributed by atoms with Gasteiger partial charge >= 0.3 is 0 Å². The molecule has 0 aromatic heterocycles. The molecule has 0 bridgehead atoms. The Labute approximate surface area is 62.1 Å². The van der Waals surface area contributed by atoms with Crippen LogP contribution in [0.4, 0.5) is 0 Å². The highest BCUT2D eigenvalue weighted by Crippen LogP contribution is 2.17. The summed E-state index contributed by atoms with van der Waals surface area (Å²) in [7, 11) is 0. The molecule has 2 nitrogen and oxygen atoms in total. The zero-order valence-electron chi connectivity index (χ0n) is 6.47. The molecule has 58 valence electrons. The fourth-order valence-electron chi connectivity index (χ4n) is 1.20. The van der Waals surface area contributed by atoms with E-state index in [4.69, 9.17) is 10.5 Å². The van der Waals surface area contributed by atoms with Gasteiger partial charge in [-0.15, -0.1) is 0 Å². The zero-order chi connectivity index (χ0) is 7.56. The van der Waals surface area contributed by atoms with Crippen LogP contribution in [0, 0.1) is 0 Å². The van der Waals surface area contributed by atoms with Gasteiger partial charge in [-0.2, -0.15) is 0 Å². The minimum Gasteiger partial charge on any atom is -0.376 e. The molecule has 1 aliphatic heterocycles. The average molecular weight is 141 g/mol. The molecule has 2 unspecified atom stereocenters. The highest BCUT2D eigenvalue weighted by Gasteiger charge is 2.22. The summed E-state index contributed by atoms with van der Waals surface area (Å²) in [5, 5.41) is 0. The van der Waals surface area contributed by atoms with Crippen molar-refractivity contribution in [2.45, 2.75) is 31.9 Å². The Morgan fingerprint density at radius 2 is 2.50 bits per heavy atom. The minimum atomic E-state index is 0.0440. The molecule has 1 saturated heterocycles. The largest absolute Gasteiger partial charge is 0.376 e. The minimum absolute atomic E-state index is 0.0440. The lowest BCUT2D eigenvalue weighted by molar-refractivity contribution is 0.0988. The van der Waals surface area contributed by atoms with E-state index in [1.165, 1.54) is 0 Å². The van der Waals surface area contributed by atoms with Crippen LogP contribution >= 0.6 is 0 Å². The Kier molecular flexibility index (Phi) is 2.46. The number of nitrogens with two attached hydrogens (primary N) is 1. The molecule has 0 amide bonds. The molecule has 2 heteroatoms. The van der Waals surface area contributed by atoms with Crippen LogP contribution in [-0.2, 0) is 4.74 Å². The van der Waals surface area contributed by atoms with E-state index in [-0.39, 0.29) is 12.1 Å². The van der Waals surface area contributed by atoms with E-state index in [1.54, 1.807) is 0 Å². The SMILES string of the molecule is C=C(C)C(N)C1CCCO1. The van der Waals surface area contributed by atoms with Crippen molar-refractivity contribution in [1.29, 1.82) is 0 Å². The van der Waals surface area contributed by atoms with Gasteiger partial charge in [0.15, 0.2) is 0 Å². The molecule has 2 N–H and O–H groups in total. The van der Waals surface area contributed by atoms with Crippen LogP contribution in [0.25, 0.3) is 0 Å². The highest BCUT2D eigenvalue weighted by molar-refractivity contribution is 5.04. The Morgan fingerprint density at radius 3 is 2.90 bits per heavy atom. The number of rotatable bonds is 2. The summed E-state index contributed by atoms with van der Waals surface area (Å²) in [6.45, 7) is 6.61. The van der Waals surface area contributed by atoms with Crippen molar-refractivity contribution in [2.75, 3.05) is 6.61 Å². The number of ether oxygens (including phenoxy) is 1. The smallest absolute Gasteiger partial charge is 0.0765 e. The maximum Gasteiger partial charge on any atom is 0.0765 e. The second-order valence-electron chi connectivity index (χ2n) is 2.92. The van der Waals surface area contributed by atoms with Crippen molar-refractivity contribution >= 4 is 0 Å². The van der Waals surface area contributed by atoms with Crippen LogP contribution < -0.4 is 5.73 Å². The summed E-state index contributed by atoms with van der Waals surface area (Å²) in [6.07, 6.45) is 2.47. The van der Waals surface area contributed by atoms with Gasteiger partial charge in [-0.1, -0.05) is 12.2 Å². The monoisotopic (exact) mass is 141 g/mol. The molecular formula is C8H15NO. The highest BCUT2D eigenvalue weighted by atomic mass is 16.5. The predicted octanol–water partition coefficient (Wildman–Crippen LogP) is 1.07. The Morgan fingerprint density at radius 1 is 1.80 bits per heavy atom. The first-order chi connectivity index (χ1) is 4.72. The maximum atomic E-state index is 5.80. The van der Waals surface area contributed by atoms with E-state index in [9.17, 15) is 0 Å². The van der Waals surface area contributed by atoms with Crippen molar-refractivity contribution in [1.82, 2.24) is 0 Å². The van der Waals surface area contributed by atoms with Crippen LogP contribution in [0.1, 0.15) is 19.8 Å². The van der Waals surface area contributed by atoms with Crippen LogP contribution in [0.15, 0.2) is 12.2 Å². The second-order valence-corrected chi connectivity index (χ2v) is 2.92. The normalized spacial score (nSPS) is 28.4. The molecule has 0 radical (unpaired) electrons. The summed E-state index contributed by atoms with van der Waals surface area (Å²) in [5.74, 6) is 0. The van der Waals surface area contributed by atoms with Crippen LogP contribution in [0.3, 0.4) is 0 Å². The molecule has 1 aliphatic rings. The first-order valence-corrected chi connectivity index (χ1v) is 3.74. The van der Waals surface area contributed by atoms with E-state index >= 15 is 0 Å². The van der Waals surface area contributed by atoms with Gasteiger partial charge in [0, 0.05) is 6.61 Å².